The van der Waals surface area contributed by atoms with Crippen molar-refractivity contribution in [3.8, 4) is 28.5 Å². The van der Waals surface area contributed by atoms with E-state index in [0.29, 0.717) is 36.7 Å². The fraction of sp³-hybridized carbons (Fsp3) is 0.297. The lowest BCUT2D eigenvalue weighted by Crippen LogP contribution is -2.23. The second-order valence-corrected chi connectivity index (χ2v) is 12.0. The Morgan fingerprint density at radius 2 is 1.67 bits per heavy atom. The molecule has 0 bridgehead atoms. The van der Waals surface area contributed by atoms with Gasteiger partial charge in [0.15, 0.2) is 5.82 Å². The van der Waals surface area contributed by atoms with E-state index in [9.17, 15) is 19.1 Å². The second kappa shape index (κ2) is 14.6. The summed E-state index contributed by atoms with van der Waals surface area (Å²) in [6.07, 6.45) is 6.27. The lowest BCUT2D eigenvalue weighted by molar-refractivity contribution is -0.142. The Balaban J connectivity index is 1.30. The van der Waals surface area contributed by atoms with Gasteiger partial charge in [-0.3, -0.25) is 14.0 Å². The molecule has 3 N–H and O–H groups in total. The molecule has 49 heavy (non-hydrogen) atoms. The maximum absolute atomic E-state index is 13.8. The SMILES string of the molecule is COc1ccc(CNc2nccn3c2c(-c2ccc(CNC(=O)c4cc(F)ccc4OC)cc2)nc3[C@H]2CC[C@H](C(=O)O)CC2)c(OC)c1. The Morgan fingerprint density at radius 3 is 2.37 bits per heavy atom. The number of carbonyl (C=O) groups is 2. The minimum Gasteiger partial charge on any atom is -0.497 e. The Kier molecular flexibility index (Phi) is 9.93. The van der Waals surface area contributed by atoms with Crippen LogP contribution in [-0.4, -0.2) is 52.7 Å². The molecule has 1 saturated carbocycles. The molecule has 1 aliphatic rings. The molecule has 12 heteroatoms. The lowest BCUT2D eigenvalue weighted by atomic mass is 9.81. The molecule has 5 aromatic rings. The molecule has 2 heterocycles. The summed E-state index contributed by atoms with van der Waals surface area (Å²) in [5.41, 5.74) is 4.25. The van der Waals surface area contributed by atoms with Crippen molar-refractivity contribution in [1.29, 1.82) is 0 Å². The number of amides is 1. The largest absolute Gasteiger partial charge is 0.497 e. The zero-order chi connectivity index (χ0) is 34.5. The smallest absolute Gasteiger partial charge is 0.306 e. The van der Waals surface area contributed by atoms with Gasteiger partial charge in [-0.15, -0.1) is 0 Å². The van der Waals surface area contributed by atoms with E-state index in [0.717, 1.165) is 52.6 Å². The number of hydrogen-bond acceptors (Lipinski definition) is 8. The monoisotopic (exact) mass is 667 g/mol. The molecule has 0 spiro atoms. The van der Waals surface area contributed by atoms with Gasteiger partial charge in [0.2, 0.25) is 0 Å². The molecule has 1 aliphatic carbocycles. The van der Waals surface area contributed by atoms with E-state index in [2.05, 4.69) is 15.0 Å². The van der Waals surface area contributed by atoms with Crippen molar-refractivity contribution in [3.63, 3.8) is 0 Å². The van der Waals surface area contributed by atoms with Crippen LogP contribution in [0, 0.1) is 11.7 Å². The maximum atomic E-state index is 13.8. The summed E-state index contributed by atoms with van der Waals surface area (Å²) in [6, 6.07) is 17.2. The molecule has 6 rings (SSSR count). The number of carboxylic acid groups (broad SMARTS) is 1. The normalized spacial score (nSPS) is 15.8. The van der Waals surface area contributed by atoms with Gasteiger partial charge in [-0.2, -0.15) is 0 Å². The highest BCUT2D eigenvalue weighted by atomic mass is 19.1. The quantitative estimate of drug-likeness (QED) is 0.137. The van der Waals surface area contributed by atoms with Crippen molar-refractivity contribution in [2.45, 2.75) is 44.7 Å². The minimum atomic E-state index is -0.747. The molecule has 1 amide bonds. The molecule has 0 unspecified atom stereocenters. The average molecular weight is 668 g/mol. The number of nitrogens with zero attached hydrogens (tertiary/aromatic N) is 3. The number of hydrogen-bond donors (Lipinski definition) is 3. The molecule has 11 nitrogen and oxygen atoms in total. The van der Waals surface area contributed by atoms with Crippen LogP contribution in [0.15, 0.2) is 73.1 Å². The van der Waals surface area contributed by atoms with E-state index in [1.165, 1.54) is 19.2 Å². The fourth-order valence-corrected chi connectivity index (χ4v) is 6.37. The standard InChI is InChI=1S/C37H38FN5O6/c1-47-28-14-12-26(31(19-28)49-3)21-40-34-33-32(42-35(43(33)17-16-39-34)24-8-10-25(11-9-24)37(45)46)23-6-4-22(5-7-23)20-41-36(44)29-18-27(38)13-15-30(29)48-2/h4-7,12-19,24-25H,8-11,20-21H2,1-3H3,(H,39,40)(H,41,44)(H,45,46)/t24-,25-. The van der Waals surface area contributed by atoms with Gasteiger partial charge in [-0.1, -0.05) is 24.3 Å². The fourth-order valence-electron chi connectivity index (χ4n) is 6.37. The zero-order valence-corrected chi connectivity index (χ0v) is 27.5. The average Bonchev–Trinajstić information content (AvgIpc) is 3.53. The van der Waals surface area contributed by atoms with Crippen LogP contribution in [0.3, 0.4) is 0 Å². The van der Waals surface area contributed by atoms with Crippen molar-refractivity contribution < 1.29 is 33.3 Å². The Morgan fingerprint density at radius 1 is 0.918 bits per heavy atom. The summed E-state index contributed by atoms with van der Waals surface area (Å²) < 4.78 is 32.1. The molecule has 0 atom stereocenters. The molecule has 2 aromatic heterocycles. The van der Waals surface area contributed by atoms with Crippen molar-refractivity contribution >= 4 is 23.2 Å². The van der Waals surface area contributed by atoms with Crippen LogP contribution in [-0.2, 0) is 17.9 Å². The van der Waals surface area contributed by atoms with Crippen LogP contribution >= 0.6 is 0 Å². The number of carboxylic acids is 1. The highest BCUT2D eigenvalue weighted by molar-refractivity contribution is 5.97. The summed E-state index contributed by atoms with van der Waals surface area (Å²) in [5.74, 6) is 1.19. The first-order valence-electron chi connectivity index (χ1n) is 16.0. The maximum Gasteiger partial charge on any atom is 0.306 e. The number of imidazole rings is 1. The van der Waals surface area contributed by atoms with Gasteiger partial charge in [-0.05, 0) is 61.6 Å². The van der Waals surface area contributed by atoms with Crippen LogP contribution < -0.4 is 24.8 Å². The highest BCUT2D eigenvalue weighted by Crippen LogP contribution is 2.39. The molecule has 254 valence electrons. The van der Waals surface area contributed by atoms with Crippen molar-refractivity contribution in [1.82, 2.24) is 19.7 Å². The molecule has 0 saturated heterocycles. The van der Waals surface area contributed by atoms with Gasteiger partial charge in [-0.25, -0.2) is 14.4 Å². The molecule has 0 aliphatic heterocycles. The van der Waals surface area contributed by atoms with E-state index in [1.54, 1.807) is 20.4 Å². The van der Waals surface area contributed by atoms with Crippen LogP contribution in [0.1, 0.15) is 58.9 Å². The Hall–Kier alpha value is -5.65. The first-order valence-corrected chi connectivity index (χ1v) is 16.0. The zero-order valence-electron chi connectivity index (χ0n) is 27.5. The summed E-state index contributed by atoms with van der Waals surface area (Å²) >= 11 is 0. The summed E-state index contributed by atoms with van der Waals surface area (Å²) in [7, 11) is 4.66. The number of nitrogens with one attached hydrogen (secondary N) is 2. The van der Waals surface area contributed by atoms with Gasteiger partial charge in [0.25, 0.3) is 5.91 Å². The van der Waals surface area contributed by atoms with Gasteiger partial charge in [0.05, 0.1) is 32.8 Å². The number of rotatable bonds is 12. The topological polar surface area (TPSA) is 136 Å². The van der Waals surface area contributed by atoms with E-state index < -0.39 is 17.7 Å². The molecule has 0 radical (unpaired) electrons. The van der Waals surface area contributed by atoms with Crippen LogP contribution in [0.5, 0.6) is 17.2 Å². The lowest BCUT2D eigenvalue weighted by Gasteiger charge is -2.25. The molecule has 1 fully saturated rings. The van der Waals surface area contributed by atoms with Crippen molar-refractivity contribution in [3.05, 3.63) is 101 Å². The van der Waals surface area contributed by atoms with E-state index in [1.807, 2.05) is 48.7 Å². The van der Waals surface area contributed by atoms with Gasteiger partial charge in [0, 0.05) is 48.6 Å². The molecular weight excluding hydrogens is 629 g/mol. The number of halogens is 1. The third-order valence-electron chi connectivity index (χ3n) is 9.05. The van der Waals surface area contributed by atoms with E-state index >= 15 is 0 Å². The van der Waals surface area contributed by atoms with Gasteiger partial charge in [0.1, 0.15) is 40.1 Å². The highest BCUT2D eigenvalue weighted by Gasteiger charge is 2.30. The van der Waals surface area contributed by atoms with Crippen molar-refractivity contribution in [2.75, 3.05) is 26.6 Å². The first-order chi connectivity index (χ1) is 23.8. The van der Waals surface area contributed by atoms with Crippen LogP contribution in [0.25, 0.3) is 16.8 Å². The minimum absolute atomic E-state index is 0.0862. The van der Waals surface area contributed by atoms with E-state index in [4.69, 9.17) is 24.2 Å². The number of anilines is 1. The van der Waals surface area contributed by atoms with Crippen molar-refractivity contribution in [2.24, 2.45) is 5.92 Å². The Bertz CT molecular complexity index is 1970. The van der Waals surface area contributed by atoms with Crippen LogP contribution in [0.2, 0.25) is 0 Å². The number of aliphatic carboxylic acids is 1. The summed E-state index contributed by atoms with van der Waals surface area (Å²) in [6.45, 7) is 0.650. The van der Waals surface area contributed by atoms with Crippen LogP contribution in [0.4, 0.5) is 10.2 Å². The third kappa shape index (κ3) is 7.13. The first kappa shape index (κ1) is 33.3. The third-order valence-corrected chi connectivity index (χ3v) is 9.05. The number of fused-ring (bicyclic) bond motifs is 1. The number of ether oxygens (including phenoxy) is 3. The number of methoxy groups -OCH3 is 3. The number of carbonyl (C=O) groups excluding carboxylic acids is 1. The van der Waals surface area contributed by atoms with E-state index in [-0.39, 0.29) is 29.7 Å². The molecule has 3 aromatic carbocycles. The predicted molar refractivity (Wildman–Crippen MR) is 182 cm³/mol. The summed E-state index contributed by atoms with van der Waals surface area (Å²) in [5, 5.41) is 15.9. The van der Waals surface area contributed by atoms with Gasteiger partial charge >= 0.3 is 5.97 Å². The summed E-state index contributed by atoms with van der Waals surface area (Å²) in [4.78, 5) is 34.4. The molecular formula is C37H38FN5O6. The van der Waals surface area contributed by atoms with Gasteiger partial charge < -0.3 is 30.0 Å². The number of aromatic nitrogens is 3. The number of benzene rings is 3. The second-order valence-electron chi connectivity index (χ2n) is 12.0. The Labute approximate surface area is 283 Å². The predicted octanol–water partition coefficient (Wildman–Crippen LogP) is 6.46.